The second kappa shape index (κ2) is 12.0. The van der Waals surface area contributed by atoms with Crippen molar-refractivity contribution >= 4 is 33.5 Å². The Morgan fingerprint density at radius 2 is 1.52 bits per heavy atom. The fourth-order valence-corrected chi connectivity index (χ4v) is 4.86. The second-order valence-corrected chi connectivity index (χ2v) is 10.3. The SMILES string of the molecule is CSCC(=O)[C@H](Cc1ccccc1)NC(=O)[C@H](CC(C)C)NS(=O)(=O)c1ccccc1. The zero-order chi connectivity index (χ0) is 22.9. The van der Waals surface area contributed by atoms with Gasteiger partial charge in [0.05, 0.1) is 16.7 Å². The minimum Gasteiger partial charge on any atom is -0.345 e. The lowest BCUT2D eigenvalue weighted by Gasteiger charge is -2.24. The molecule has 168 valence electrons. The molecule has 1 amide bonds. The first-order valence-electron chi connectivity index (χ1n) is 10.2. The zero-order valence-electron chi connectivity index (χ0n) is 18.1. The summed E-state index contributed by atoms with van der Waals surface area (Å²) < 4.78 is 28.1. The van der Waals surface area contributed by atoms with Crippen LogP contribution < -0.4 is 10.0 Å². The fourth-order valence-electron chi connectivity index (χ4n) is 3.15. The third-order valence-electron chi connectivity index (χ3n) is 4.65. The Kier molecular flexibility index (Phi) is 9.74. The van der Waals surface area contributed by atoms with Crippen LogP contribution in [0, 0.1) is 5.92 Å². The van der Waals surface area contributed by atoms with Crippen molar-refractivity contribution < 1.29 is 18.0 Å². The number of hydrogen-bond donors (Lipinski definition) is 2. The van der Waals surface area contributed by atoms with Crippen LogP contribution in [0.15, 0.2) is 65.6 Å². The van der Waals surface area contributed by atoms with E-state index in [-0.39, 0.29) is 22.3 Å². The Labute approximate surface area is 189 Å². The van der Waals surface area contributed by atoms with E-state index in [1.807, 2.05) is 50.4 Å². The number of rotatable bonds is 12. The summed E-state index contributed by atoms with van der Waals surface area (Å²) in [7, 11) is -3.88. The minimum absolute atomic E-state index is 0.0729. The normalized spacial score (nSPS) is 13.5. The van der Waals surface area contributed by atoms with Crippen molar-refractivity contribution in [1.29, 1.82) is 0 Å². The molecule has 0 bridgehead atoms. The van der Waals surface area contributed by atoms with Gasteiger partial charge in [0.1, 0.15) is 6.04 Å². The highest BCUT2D eigenvalue weighted by atomic mass is 32.2. The standard InChI is InChI=1S/C23H30N2O4S2/c1-17(2)14-21(25-31(28,29)19-12-8-5-9-13-19)23(27)24-20(22(26)16-30-3)15-18-10-6-4-7-11-18/h4-13,17,20-21,25H,14-16H2,1-3H3,(H,24,27)/t20-,21-/m0/s1. The van der Waals surface area contributed by atoms with Gasteiger partial charge in [0, 0.05) is 0 Å². The molecule has 0 fully saturated rings. The van der Waals surface area contributed by atoms with Gasteiger partial charge < -0.3 is 5.32 Å². The summed E-state index contributed by atoms with van der Waals surface area (Å²) in [4.78, 5) is 25.9. The molecule has 2 atom stereocenters. The topological polar surface area (TPSA) is 92.3 Å². The summed E-state index contributed by atoms with van der Waals surface area (Å²) in [5.74, 6) is -0.256. The van der Waals surface area contributed by atoms with Crippen molar-refractivity contribution in [2.75, 3.05) is 12.0 Å². The van der Waals surface area contributed by atoms with Crippen LogP contribution in [0.5, 0.6) is 0 Å². The number of hydrogen-bond acceptors (Lipinski definition) is 5. The smallest absolute Gasteiger partial charge is 0.241 e. The molecule has 0 spiro atoms. The van der Waals surface area contributed by atoms with Gasteiger partial charge in [0.15, 0.2) is 5.78 Å². The van der Waals surface area contributed by atoms with Gasteiger partial charge in [-0.25, -0.2) is 8.42 Å². The lowest BCUT2D eigenvalue weighted by Crippen LogP contribution is -2.52. The van der Waals surface area contributed by atoms with E-state index < -0.39 is 28.0 Å². The number of ketones is 1. The average molecular weight is 463 g/mol. The van der Waals surface area contributed by atoms with Gasteiger partial charge in [0.2, 0.25) is 15.9 Å². The molecule has 0 aliphatic carbocycles. The number of thioether (sulfide) groups is 1. The van der Waals surface area contributed by atoms with E-state index in [1.54, 1.807) is 18.2 Å². The third-order valence-corrected chi connectivity index (χ3v) is 6.71. The van der Waals surface area contributed by atoms with Crippen LogP contribution >= 0.6 is 11.8 Å². The Hall–Kier alpha value is -2.16. The molecule has 2 N–H and O–H groups in total. The molecule has 0 saturated carbocycles. The summed E-state index contributed by atoms with van der Waals surface area (Å²) in [6.45, 7) is 3.83. The first-order chi connectivity index (χ1) is 14.7. The molecule has 8 heteroatoms. The van der Waals surface area contributed by atoms with Crippen LogP contribution in [0.4, 0.5) is 0 Å². The molecule has 2 aromatic rings. The molecule has 0 aliphatic heterocycles. The predicted molar refractivity (Wildman–Crippen MR) is 125 cm³/mol. The molecule has 2 aromatic carbocycles. The minimum atomic E-state index is -3.88. The van der Waals surface area contributed by atoms with Gasteiger partial charge in [-0.3, -0.25) is 9.59 Å². The number of sulfonamides is 1. The largest absolute Gasteiger partial charge is 0.345 e. The van der Waals surface area contributed by atoms with Gasteiger partial charge in [-0.1, -0.05) is 62.4 Å². The molecule has 0 heterocycles. The summed E-state index contributed by atoms with van der Waals surface area (Å²) in [5, 5.41) is 2.80. The van der Waals surface area contributed by atoms with Crippen LogP contribution in [-0.2, 0) is 26.0 Å². The number of benzene rings is 2. The molecule has 0 radical (unpaired) electrons. The molecule has 6 nitrogen and oxygen atoms in total. The summed E-state index contributed by atoms with van der Waals surface area (Å²) in [5.41, 5.74) is 0.924. The molecular weight excluding hydrogens is 432 g/mol. The Bertz CT molecular complexity index is 948. The maximum Gasteiger partial charge on any atom is 0.241 e. The fraction of sp³-hybridized carbons (Fsp3) is 0.391. The first-order valence-corrected chi connectivity index (χ1v) is 13.0. The van der Waals surface area contributed by atoms with Crippen molar-refractivity contribution in [3.05, 3.63) is 66.2 Å². The van der Waals surface area contributed by atoms with Crippen molar-refractivity contribution in [3.8, 4) is 0 Å². The highest BCUT2D eigenvalue weighted by Gasteiger charge is 2.29. The quantitative estimate of drug-likeness (QED) is 0.506. The van der Waals surface area contributed by atoms with Crippen LogP contribution in [-0.4, -0.2) is 44.2 Å². The number of nitrogens with one attached hydrogen (secondary N) is 2. The van der Waals surface area contributed by atoms with Gasteiger partial charge in [-0.15, -0.1) is 0 Å². The Morgan fingerprint density at radius 3 is 2.06 bits per heavy atom. The lowest BCUT2D eigenvalue weighted by molar-refractivity contribution is -0.128. The van der Waals surface area contributed by atoms with Gasteiger partial charge in [-0.05, 0) is 42.7 Å². The van der Waals surface area contributed by atoms with Crippen LogP contribution in [0.1, 0.15) is 25.8 Å². The molecule has 2 rings (SSSR count). The van der Waals surface area contributed by atoms with Gasteiger partial charge in [-0.2, -0.15) is 16.5 Å². The van der Waals surface area contributed by atoms with E-state index in [2.05, 4.69) is 10.0 Å². The van der Waals surface area contributed by atoms with E-state index in [0.717, 1.165) is 5.56 Å². The van der Waals surface area contributed by atoms with E-state index in [1.165, 1.54) is 23.9 Å². The highest BCUT2D eigenvalue weighted by molar-refractivity contribution is 7.99. The van der Waals surface area contributed by atoms with E-state index in [4.69, 9.17) is 0 Å². The lowest BCUT2D eigenvalue weighted by atomic mass is 10.0. The third kappa shape index (κ3) is 8.12. The zero-order valence-corrected chi connectivity index (χ0v) is 19.7. The summed E-state index contributed by atoms with van der Waals surface area (Å²) in [6.07, 6.45) is 2.49. The van der Waals surface area contributed by atoms with Crippen LogP contribution in [0.2, 0.25) is 0 Å². The molecule has 0 aliphatic rings. The van der Waals surface area contributed by atoms with Crippen molar-refractivity contribution in [2.45, 2.75) is 43.7 Å². The number of amides is 1. The second-order valence-electron chi connectivity index (χ2n) is 7.77. The van der Waals surface area contributed by atoms with Gasteiger partial charge >= 0.3 is 0 Å². The van der Waals surface area contributed by atoms with E-state index in [0.29, 0.717) is 12.8 Å². The molecule has 31 heavy (non-hydrogen) atoms. The molecular formula is C23H30N2O4S2. The molecule has 0 unspecified atom stereocenters. The number of carbonyl (C=O) groups is 2. The maximum atomic E-state index is 13.1. The van der Waals surface area contributed by atoms with Gasteiger partial charge in [0.25, 0.3) is 0 Å². The van der Waals surface area contributed by atoms with E-state index in [9.17, 15) is 18.0 Å². The average Bonchev–Trinajstić information content (AvgIpc) is 2.74. The van der Waals surface area contributed by atoms with Crippen LogP contribution in [0.3, 0.4) is 0 Å². The molecule has 0 saturated heterocycles. The number of carbonyl (C=O) groups excluding carboxylic acids is 2. The predicted octanol–water partition coefficient (Wildman–Crippen LogP) is 3.04. The Balaban J connectivity index is 2.22. The van der Waals surface area contributed by atoms with Crippen molar-refractivity contribution in [2.24, 2.45) is 5.92 Å². The number of Topliss-reactive ketones (excluding diaryl/α,β-unsaturated/α-hetero) is 1. The van der Waals surface area contributed by atoms with Crippen LogP contribution in [0.25, 0.3) is 0 Å². The summed E-state index contributed by atoms with van der Waals surface area (Å²) in [6, 6.07) is 15.7. The van der Waals surface area contributed by atoms with Crippen molar-refractivity contribution in [3.63, 3.8) is 0 Å². The van der Waals surface area contributed by atoms with Crippen molar-refractivity contribution in [1.82, 2.24) is 10.0 Å². The molecule has 0 aromatic heterocycles. The Morgan fingerprint density at radius 1 is 0.935 bits per heavy atom. The van der Waals surface area contributed by atoms with E-state index >= 15 is 0 Å². The highest BCUT2D eigenvalue weighted by Crippen LogP contribution is 2.13. The first kappa shape index (κ1) is 25.1. The summed E-state index contributed by atoms with van der Waals surface area (Å²) >= 11 is 1.39. The maximum absolute atomic E-state index is 13.1. The monoisotopic (exact) mass is 462 g/mol.